The Morgan fingerprint density at radius 3 is 2.42 bits per heavy atom. The van der Waals surface area contributed by atoms with Crippen LogP contribution in [0.3, 0.4) is 0 Å². The van der Waals surface area contributed by atoms with Gasteiger partial charge >= 0.3 is 5.97 Å². The molecule has 4 rings (SSSR count). The molecule has 6 nitrogen and oxygen atoms in total. The van der Waals surface area contributed by atoms with Crippen molar-refractivity contribution in [1.29, 1.82) is 0 Å². The average Bonchev–Trinajstić information content (AvgIpc) is 3.27. The first-order valence-electron chi connectivity index (χ1n) is 10.5. The molecule has 1 heterocycles. The van der Waals surface area contributed by atoms with Crippen molar-refractivity contribution in [2.45, 2.75) is 37.1 Å². The quantitative estimate of drug-likeness (QED) is 0.485. The van der Waals surface area contributed by atoms with Crippen LogP contribution in [0.4, 0.5) is 0 Å². The van der Waals surface area contributed by atoms with Crippen molar-refractivity contribution in [1.82, 2.24) is 4.90 Å². The van der Waals surface area contributed by atoms with Gasteiger partial charge < -0.3 is 19.1 Å². The smallest absolute Gasteiger partial charge is 0.316 e. The first-order valence-corrected chi connectivity index (χ1v) is 11.5. The molecular weight excluding hydrogens is 414 g/mol. The maximum Gasteiger partial charge on any atom is 0.316 e. The van der Waals surface area contributed by atoms with E-state index in [0.717, 1.165) is 35.3 Å². The number of amides is 1. The van der Waals surface area contributed by atoms with Gasteiger partial charge in [-0.1, -0.05) is 6.07 Å². The third-order valence-corrected chi connectivity index (χ3v) is 6.82. The third kappa shape index (κ3) is 4.98. The second kappa shape index (κ2) is 9.64. The number of aryl methyl sites for hydroxylation is 2. The van der Waals surface area contributed by atoms with E-state index < -0.39 is 0 Å². The van der Waals surface area contributed by atoms with E-state index in [9.17, 15) is 9.59 Å². The lowest BCUT2D eigenvalue weighted by atomic mass is 9.99. The topological polar surface area (TPSA) is 65.1 Å². The van der Waals surface area contributed by atoms with Gasteiger partial charge in [0.15, 0.2) is 18.1 Å². The largest absolute Gasteiger partial charge is 0.493 e. The van der Waals surface area contributed by atoms with Crippen molar-refractivity contribution in [3.63, 3.8) is 0 Å². The van der Waals surface area contributed by atoms with Crippen molar-refractivity contribution in [2.75, 3.05) is 33.1 Å². The minimum absolute atomic E-state index is 0.184. The van der Waals surface area contributed by atoms with Crippen LogP contribution in [-0.4, -0.2) is 49.9 Å². The number of ether oxygens (including phenoxy) is 3. The molecule has 0 unspecified atom stereocenters. The van der Waals surface area contributed by atoms with Gasteiger partial charge in [0.1, 0.15) is 0 Å². The molecule has 31 heavy (non-hydrogen) atoms. The Morgan fingerprint density at radius 2 is 1.65 bits per heavy atom. The summed E-state index contributed by atoms with van der Waals surface area (Å²) in [4.78, 5) is 27.5. The predicted molar refractivity (Wildman–Crippen MR) is 119 cm³/mol. The second-order valence-corrected chi connectivity index (χ2v) is 8.82. The predicted octanol–water partition coefficient (Wildman–Crippen LogP) is 3.41. The Hall–Kier alpha value is -2.67. The van der Waals surface area contributed by atoms with Crippen LogP contribution in [0.2, 0.25) is 0 Å². The number of nitrogens with zero attached hydrogens (tertiary/aromatic N) is 1. The maximum atomic E-state index is 12.6. The highest BCUT2D eigenvalue weighted by Gasteiger charge is 2.23. The Balaban J connectivity index is 1.26. The first-order chi connectivity index (χ1) is 15.1. The highest BCUT2D eigenvalue weighted by Crippen LogP contribution is 2.33. The summed E-state index contributed by atoms with van der Waals surface area (Å²) in [7, 11) is 3.20. The van der Waals surface area contributed by atoms with Gasteiger partial charge in [0, 0.05) is 18.0 Å². The SMILES string of the molecule is COc1cc2c(cc1OC)CN(C(=O)COC(=O)CSc1ccc3c(c1)CCC3)CC2. The number of hydrogen-bond acceptors (Lipinski definition) is 6. The number of methoxy groups -OCH3 is 2. The Labute approximate surface area is 186 Å². The minimum atomic E-state index is -0.373. The third-order valence-electron chi connectivity index (χ3n) is 5.85. The summed E-state index contributed by atoms with van der Waals surface area (Å²) in [6.07, 6.45) is 4.19. The lowest BCUT2D eigenvalue weighted by Crippen LogP contribution is -2.38. The summed E-state index contributed by atoms with van der Waals surface area (Å²) in [6, 6.07) is 10.2. The standard InChI is InChI=1S/C24H27NO5S/c1-28-21-11-18-8-9-25(13-19(18)12-22(21)29-2)23(26)14-30-24(27)15-31-20-7-6-16-4-3-5-17(16)10-20/h6-7,10-12H,3-5,8-9,13-15H2,1-2H3. The van der Waals surface area contributed by atoms with Crippen LogP contribution in [0.15, 0.2) is 35.2 Å². The van der Waals surface area contributed by atoms with E-state index in [2.05, 4.69) is 18.2 Å². The van der Waals surface area contributed by atoms with Gasteiger partial charge in [-0.15, -0.1) is 11.8 Å². The summed E-state index contributed by atoms with van der Waals surface area (Å²) in [6.45, 7) is 0.824. The van der Waals surface area contributed by atoms with E-state index in [1.807, 2.05) is 12.1 Å². The number of carbonyl (C=O) groups excluding carboxylic acids is 2. The second-order valence-electron chi connectivity index (χ2n) is 7.77. The summed E-state index contributed by atoms with van der Waals surface area (Å²) in [5.41, 5.74) is 4.96. The van der Waals surface area contributed by atoms with E-state index in [-0.39, 0.29) is 24.2 Å². The molecule has 1 aliphatic carbocycles. The molecule has 0 radical (unpaired) electrons. The zero-order valence-electron chi connectivity index (χ0n) is 17.9. The number of rotatable bonds is 7. The average molecular weight is 442 g/mol. The summed E-state index contributed by atoms with van der Waals surface area (Å²) >= 11 is 1.45. The van der Waals surface area contributed by atoms with Crippen LogP contribution >= 0.6 is 11.8 Å². The molecule has 0 aromatic heterocycles. The van der Waals surface area contributed by atoms with E-state index in [0.29, 0.717) is 24.6 Å². The Kier molecular flexibility index (Phi) is 6.70. The molecule has 7 heteroatoms. The van der Waals surface area contributed by atoms with Gasteiger partial charge in [-0.25, -0.2) is 0 Å². The number of benzene rings is 2. The van der Waals surface area contributed by atoms with Crippen LogP contribution in [0.1, 0.15) is 28.7 Å². The van der Waals surface area contributed by atoms with E-state index in [4.69, 9.17) is 14.2 Å². The van der Waals surface area contributed by atoms with Crippen LogP contribution in [0, 0.1) is 0 Å². The molecule has 0 saturated heterocycles. The fourth-order valence-electron chi connectivity index (χ4n) is 4.15. The molecule has 2 aromatic carbocycles. The number of hydrogen-bond donors (Lipinski definition) is 0. The van der Waals surface area contributed by atoms with Gasteiger partial charge in [-0.2, -0.15) is 0 Å². The van der Waals surface area contributed by atoms with Crippen molar-refractivity contribution >= 4 is 23.6 Å². The number of carbonyl (C=O) groups is 2. The molecule has 2 aliphatic rings. The molecule has 164 valence electrons. The summed E-state index contributed by atoms with van der Waals surface area (Å²) in [5.74, 6) is 0.978. The Bertz CT molecular complexity index is 990. The molecule has 1 amide bonds. The number of thioether (sulfide) groups is 1. The van der Waals surface area contributed by atoms with Gasteiger partial charge in [-0.05, 0) is 72.2 Å². The molecule has 0 fully saturated rings. The molecular formula is C24H27NO5S. The molecule has 2 aromatic rings. The lowest BCUT2D eigenvalue weighted by molar-refractivity contribution is -0.150. The molecule has 0 bridgehead atoms. The Morgan fingerprint density at radius 1 is 0.935 bits per heavy atom. The number of fused-ring (bicyclic) bond motifs is 2. The van der Waals surface area contributed by atoms with Crippen LogP contribution in [-0.2, 0) is 40.1 Å². The highest BCUT2D eigenvalue weighted by atomic mass is 32.2. The molecule has 0 saturated carbocycles. The molecule has 0 N–H and O–H groups in total. The number of esters is 1. The molecule has 0 atom stereocenters. The van der Waals surface area contributed by atoms with Crippen LogP contribution in [0.25, 0.3) is 0 Å². The van der Waals surface area contributed by atoms with E-state index in [1.54, 1.807) is 19.1 Å². The van der Waals surface area contributed by atoms with Crippen molar-refractivity contribution < 1.29 is 23.8 Å². The van der Waals surface area contributed by atoms with Crippen molar-refractivity contribution in [3.05, 3.63) is 52.6 Å². The monoisotopic (exact) mass is 441 g/mol. The fraction of sp³-hybridized carbons (Fsp3) is 0.417. The zero-order valence-corrected chi connectivity index (χ0v) is 18.8. The maximum absolute atomic E-state index is 12.6. The van der Waals surface area contributed by atoms with Crippen LogP contribution < -0.4 is 9.47 Å². The molecule has 0 spiro atoms. The minimum Gasteiger partial charge on any atom is -0.493 e. The van der Waals surface area contributed by atoms with Gasteiger partial charge in [-0.3, -0.25) is 9.59 Å². The summed E-state index contributed by atoms with van der Waals surface area (Å²) < 4.78 is 16.0. The lowest BCUT2D eigenvalue weighted by Gasteiger charge is -2.29. The summed E-state index contributed by atoms with van der Waals surface area (Å²) in [5, 5.41) is 0. The zero-order chi connectivity index (χ0) is 21.8. The van der Waals surface area contributed by atoms with Gasteiger partial charge in [0.2, 0.25) is 0 Å². The van der Waals surface area contributed by atoms with E-state index in [1.165, 1.54) is 29.3 Å². The van der Waals surface area contributed by atoms with E-state index >= 15 is 0 Å². The van der Waals surface area contributed by atoms with Gasteiger partial charge in [0.25, 0.3) is 5.91 Å². The van der Waals surface area contributed by atoms with Crippen molar-refractivity contribution in [3.8, 4) is 11.5 Å². The molecule has 1 aliphatic heterocycles. The van der Waals surface area contributed by atoms with Gasteiger partial charge in [0.05, 0.1) is 20.0 Å². The first kappa shape index (κ1) is 21.6. The highest BCUT2D eigenvalue weighted by molar-refractivity contribution is 8.00. The normalized spacial score (nSPS) is 14.6. The van der Waals surface area contributed by atoms with Crippen LogP contribution in [0.5, 0.6) is 11.5 Å². The van der Waals surface area contributed by atoms with Crippen molar-refractivity contribution in [2.24, 2.45) is 0 Å². The fourth-order valence-corrected chi connectivity index (χ4v) is 4.91.